The molecule has 0 saturated carbocycles. The van der Waals surface area contributed by atoms with E-state index in [2.05, 4.69) is 9.97 Å². The number of carboxylic acids is 1. The Morgan fingerprint density at radius 1 is 1.43 bits per heavy atom. The summed E-state index contributed by atoms with van der Waals surface area (Å²) in [6, 6.07) is 4.36. The van der Waals surface area contributed by atoms with E-state index >= 15 is 0 Å². The summed E-state index contributed by atoms with van der Waals surface area (Å²) in [6.07, 6.45) is 0. The average molecular weight is 308 g/mol. The summed E-state index contributed by atoms with van der Waals surface area (Å²) in [5.74, 6) is -1.29. The zero-order valence-corrected chi connectivity index (χ0v) is 11.1. The average Bonchev–Trinajstić information content (AvgIpc) is 2.36. The molecule has 108 valence electrons. The van der Waals surface area contributed by atoms with Crippen molar-refractivity contribution in [3.8, 4) is 0 Å². The summed E-state index contributed by atoms with van der Waals surface area (Å²) in [4.78, 5) is 38.8. The van der Waals surface area contributed by atoms with Crippen molar-refractivity contribution < 1.29 is 14.8 Å². The van der Waals surface area contributed by atoms with Crippen LogP contribution in [0.5, 0.6) is 0 Å². The van der Waals surface area contributed by atoms with Crippen LogP contribution in [0, 0.1) is 10.1 Å². The zero-order chi connectivity index (χ0) is 15.6. The summed E-state index contributed by atoms with van der Waals surface area (Å²) in [5.41, 5.74) is 4.50. The number of nitro benzene ring substituents is 1. The summed E-state index contributed by atoms with van der Waals surface area (Å²) >= 11 is 0.771. The lowest BCUT2D eigenvalue weighted by Gasteiger charge is -2.05. The number of nitrogens with zero attached hydrogens (tertiary/aromatic N) is 2. The number of rotatable bonds is 4. The van der Waals surface area contributed by atoms with Gasteiger partial charge in [0, 0.05) is 23.1 Å². The van der Waals surface area contributed by atoms with E-state index in [1.165, 1.54) is 0 Å². The predicted octanol–water partition coefficient (Wildman–Crippen LogP) is 1.11. The normalized spacial score (nSPS) is 10.3. The summed E-state index contributed by atoms with van der Waals surface area (Å²) < 4.78 is 0. The van der Waals surface area contributed by atoms with Crippen LogP contribution < -0.4 is 11.3 Å². The van der Waals surface area contributed by atoms with E-state index < -0.39 is 16.5 Å². The first-order valence-corrected chi connectivity index (χ1v) is 6.25. The molecule has 1 aromatic carbocycles. The third-order valence-electron chi connectivity index (χ3n) is 2.35. The van der Waals surface area contributed by atoms with E-state index in [9.17, 15) is 19.7 Å². The number of carbonyl (C=O) groups is 1. The number of nitro groups is 1. The number of aromatic nitrogens is 2. The number of hydrogen-bond donors (Lipinski definition) is 3. The fraction of sp³-hybridized carbons (Fsp3) is 0. The maximum Gasteiger partial charge on any atom is 0.336 e. The van der Waals surface area contributed by atoms with Crippen LogP contribution >= 0.6 is 11.8 Å². The first kappa shape index (κ1) is 14.5. The van der Waals surface area contributed by atoms with Gasteiger partial charge in [0.05, 0.1) is 10.5 Å². The minimum absolute atomic E-state index is 0.0384. The highest BCUT2D eigenvalue weighted by Gasteiger charge is 2.17. The molecule has 0 aliphatic rings. The SMILES string of the molecule is Nc1cc(=O)[nH]c(Sc2cc([N+](=O)[O-])ccc2C(=O)O)n1. The van der Waals surface area contributed by atoms with Crippen LogP contribution in [0.1, 0.15) is 10.4 Å². The maximum absolute atomic E-state index is 11.3. The molecule has 0 bridgehead atoms. The van der Waals surface area contributed by atoms with E-state index in [0.29, 0.717) is 0 Å². The van der Waals surface area contributed by atoms with Gasteiger partial charge in [0.1, 0.15) is 5.82 Å². The molecule has 0 amide bonds. The van der Waals surface area contributed by atoms with E-state index in [-0.39, 0.29) is 27.1 Å². The van der Waals surface area contributed by atoms with Crippen LogP contribution in [0.3, 0.4) is 0 Å². The Hall–Kier alpha value is -2.88. The smallest absolute Gasteiger partial charge is 0.336 e. The van der Waals surface area contributed by atoms with Gasteiger partial charge in [-0.2, -0.15) is 0 Å². The van der Waals surface area contributed by atoms with Crippen LogP contribution in [-0.2, 0) is 0 Å². The van der Waals surface area contributed by atoms with E-state index in [1.54, 1.807) is 0 Å². The van der Waals surface area contributed by atoms with E-state index in [1.807, 2.05) is 0 Å². The molecule has 1 heterocycles. The monoisotopic (exact) mass is 308 g/mol. The second-order valence-corrected chi connectivity index (χ2v) is 4.85. The molecule has 0 spiro atoms. The Morgan fingerprint density at radius 3 is 2.71 bits per heavy atom. The van der Waals surface area contributed by atoms with Gasteiger partial charge in [-0.15, -0.1) is 0 Å². The van der Waals surface area contributed by atoms with Gasteiger partial charge in [-0.05, 0) is 6.07 Å². The lowest BCUT2D eigenvalue weighted by molar-refractivity contribution is -0.385. The van der Waals surface area contributed by atoms with Gasteiger partial charge in [-0.1, -0.05) is 11.8 Å². The van der Waals surface area contributed by atoms with Crippen molar-refractivity contribution in [3.05, 3.63) is 50.3 Å². The van der Waals surface area contributed by atoms with E-state index in [0.717, 1.165) is 36.0 Å². The lowest BCUT2D eigenvalue weighted by atomic mass is 10.2. The Labute approximate surface area is 121 Å². The molecule has 0 aliphatic heterocycles. The highest BCUT2D eigenvalue weighted by atomic mass is 32.2. The Kier molecular flexibility index (Phi) is 3.89. The van der Waals surface area contributed by atoms with Gasteiger partial charge in [0.15, 0.2) is 5.16 Å². The zero-order valence-electron chi connectivity index (χ0n) is 10.3. The highest BCUT2D eigenvalue weighted by molar-refractivity contribution is 7.99. The second kappa shape index (κ2) is 5.63. The Balaban J connectivity index is 2.50. The van der Waals surface area contributed by atoms with Gasteiger partial charge in [0.2, 0.25) is 0 Å². The molecule has 2 rings (SSSR count). The highest BCUT2D eigenvalue weighted by Crippen LogP contribution is 2.31. The number of carboxylic acid groups (broad SMARTS) is 1. The van der Waals surface area contributed by atoms with Crippen molar-refractivity contribution in [2.24, 2.45) is 0 Å². The van der Waals surface area contributed by atoms with Crippen LogP contribution in [-0.4, -0.2) is 26.0 Å². The number of H-pyrrole nitrogens is 1. The molecule has 4 N–H and O–H groups in total. The number of aromatic amines is 1. The number of aromatic carboxylic acids is 1. The molecular formula is C11H8N4O5S. The molecule has 0 unspecified atom stereocenters. The maximum atomic E-state index is 11.3. The van der Waals surface area contributed by atoms with Crippen molar-refractivity contribution >= 4 is 29.2 Å². The van der Waals surface area contributed by atoms with Crippen LogP contribution in [0.15, 0.2) is 39.1 Å². The van der Waals surface area contributed by atoms with Crippen molar-refractivity contribution in [2.45, 2.75) is 10.1 Å². The standard InChI is InChI=1S/C11H8N4O5S/c12-8-4-9(16)14-11(13-8)21-7-3-5(15(19)20)1-2-6(7)10(17)18/h1-4H,(H,17,18)(H3,12,13,14,16). The molecule has 0 aliphatic carbocycles. The van der Waals surface area contributed by atoms with Crippen LogP contribution in [0.25, 0.3) is 0 Å². The van der Waals surface area contributed by atoms with Crippen molar-refractivity contribution in [1.29, 1.82) is 0 Å². The van der Waals surface area contributed by atoms with Gasteiger partial charge in [-0.3, -0.25) is 14.9 Å². The quantitative estimate of drug-likeness (QED) is 0.431. The third kappa shape index (κ3) is 3.36. The third-order valence-corrected chi connectivity index (χ3v) is 3.30. The van der Waals surface area contributed by atoms with Crippen LogP contribution in [0.2, 0.25) is 0 Å². The topological polar surface area (TPSA) is 152 Å². The Bertz CT molecular complexity index is 788. The molecule has 9 nitrogen and oxygen atoms in total. The van der Waals surface area contributed by atoms with Gasteiger partial charge < -0.3 is 15.8 Å². The minimum Gasteiger partial charge on any atom is -0.478 e. The number of benzene rings is 1. The lowest BCUT2D eigenvalue weighted by Crippen LogP contribution is -2.09. The Morgan fingerprint density at radius 2 is 2.14 bits per heavy atom. The summed E-state index contributed by atoms with van der Waals surface area (Å²) in [6.45, 7) is 0. The number of nitrogens with two attached hydrogens (primary N) is 1. The summed E-state index contributed by atoms with van der Waals surface area (Å²) in [5, 5.41) is 19.9. The van der Waals surface area contributed by atoms with Gasteiger partial charge >= 0.3 is 5.97 Å². The predicted molar refractivity (Wildman–Crippen MR) is 73.4 cm³/mol. The number of hydrogen-bond acceptors (Lipinski definition) is 7. The fourth-order valence-electron chi connectivity index (χ4n) is 1.49. The molecular weight excluding hydrogens is 300 g/mol. The molecule has 1 aromatic heterocycles. The van der Waals surface area contributed by atoms with E-state index in [4.69, 9.17) is 10.8 Å². The molecule has 10 heteroatoms. The largest absolute Gasteiger partial charge is 0.478 e. The molecule has 21 heavy (non-hydrogen) atoms. The first-order chi connectivity index (χ1) is 9.86. The molecule has 0 atom stereocenters. The second-order valence-electron chi connectivity index (χ2n) is 3.82. The van der Waals surface area contributed by atoms with Crippen molar-refractivity contribution in [1.82, 2.24) is 9.97 Å². The number of non-ortho nitro benzene ring substituents is 1. The van der Waals surface area contributed by atoms with Gasteiger partial charge in [0.25, 0.3) is 11.2 Å². The molecule has 2 aromatic rings. The van der Waals surface area contributed by atoms with Crippen molar-refractivity contribution in [2.75, 3.05) is 5.73 Å². The first-order valence-electron chi connectivity index (χ1n) is 5.43. The minimum atomic E-state index is -1.25. The van der Waals surface area contributed by atoms with Gasteiger partial charge in [-0.25, -0.2) is 9.78 Å². The number of nitrogen functional groups attached to an aromatic ring is 1. The van der Waals surface area contributed by atoms with Crippen LogP contribution in [0.4, 0.5) is 11.5 Å². The fourth-order valence-corrected chi connectivity index (χ4v) is 2.45. The van der Waals surface area contributed by atoms with Crippen molar-refractivity contribution in [3.63, 3.8) is 0 Å². The molecule has 0 fully saturated rings. The molecule has 0 saturated heterocycles. The number of nitrogens with one attached hydrogen (secondary N) is 1. The molecule has 0 radical (unpaired) electrons. The summed E-state index contributed by atoms with van der Waals surface area (Å²) in [7, 11) is 0. The number of anilines is 1.